The second-order valence-electron chi connectivity index (χ2n) is 5.38. The number of ether oxygens (including phenoxy) is 2. The SMILES string of the molecule is C=CC(=O)OC(C)c1ccc(O)c(-n2nc3ccc(OC)cc3n2)c1. The van der Waals surface area contributed by atoms with Gasteiger partial charge >= 0.3 is 5.97 Å². The normalized spacial score (nSPS) is 11.9. The van der Waals surface area contributed by atoms with Gasteiger partial charge in [0.25, 0.3) is 0 Å². The third-order valence-corrected chi connectivity index (χ3v) is 3.73. The molecule has 0 saturated heterocycles. The maximum Gasteiger partial charge on any atom is 0.330 e. The summed E-state index contributed by atoms with van der Waals surface area (Å²) in [6.45, 7) is 5.11. The highest BCUT2D eigenvalue weighted by molar-refractivity contribution is 5.81. The van der Waals surface area contributed by atoms with Gasteiger partial charge in [0.15, 0.2) is 0 Å². The van der Waals surface area contributed by atoms with E-state index >= 15 is 0 Å². The Hall–Kier alpha value is -3.35. The first kappa shape index (κ1) is 16.5. The van der Waals surface area contributed by atoms with Gasteiger partial charge in [-0.05, 0) is 36.8 Å². The summed E-state index contributed by atoms with van der Waals surface area (Å²) in [4.78, 5) is 12.7. The highest BCUT2D eigenvalue weighted by Gasteiger charge is 2.15. The van der Waals surface area contributed by atoms with E-state index in [0.717, 1.165) is 6.08 Å². The molecule has 3 aromatic rings. The molecule has 1 unspecified atom stereocenters. The lowest BCUT2D eigenvalue weighted by Crippen LogP contribution is -2.07. The molecule has 0 saturated carbocycles. The average molecular weight is 339 g/mol. The first-order chi connectivity index (χ1) is 12.0. The molecule has 1 aromatic heterocycles. The van der Waals surface area contributed by atoms with Crippen LogP contribution in [0.3, 0.4) is 0 Å². The number of carbonyl (C=O) groups excluding carboxylic acids is 1. The van der Waals surface area contributed by atoms with Gasteiger partial charge < -0.3 is 14.6 Å². The number of methoxy groups -OCH3 is 1. The van der Waals surface area contributed by atoms with Gasteiger partial charge in [-0.3, -0.25) is 0 Å². The van der Waals surface area contributed by atoms with Crippen LogP contribution in [0.5, 0.6) is 11.5 Å². The van der Waals surface area contributed by atoms with Crippen LogP contribution in [-0.4, -0.2) is 33.2 Å². The van der Waals surface area contributed by atoms with E-state index in [4.69, 9.17) is 9.47 Å². The summed E-state index contributed by atoms with van der Waals surface area (Å²) in [7, 11) is 1.58. The average Bonchev–Trinajstić information content (AvgIpc) is 3.04. The minimum Gasteiger partial charge on any atom is -0.506 e. The van der Waals surface area contributed by atoms with Crippen LogP contribution in [0, 0.1) is 0 Å². The Morgan fingerprint density at radius 3 is 2.72 bits per heavy atom. The highest BCUT2D eigenvalue weighted by atomic mass is 16.5. The number of phenols is 1. The third kappa shape index (κ3) is 3.30. The number of benzene rings is 2. The molecule has 1 atom stereocenters. The maximum absolute atomic E-state index is 11.4. The van der Waals surface area contributed by atoms with Gasteiger partial charge in [-0.2, -0.15) is 0 Å². The Balaban J connectivity index is 2.00. The van der Waals surface area contributed by atoms with Gasteiger partial charge in [-0.25, -0.2) is 4.79 Å². The van der Waals surface area contributed by atoms with E-state index < -0.39 is 12.1 Å². The highest BCUT2D eigenvalue weighted by Crippen LogP contribution is 2.28. The lowest BCUT2D eigenvalue weighted by molar-refractivity contribution is -0.142. The summed E-state index contributed by atoms with van der Waals surface area (Å²) >= 11 is 0. The Morgan fingerprint density at radius 2 is 2.00 bits per heavy atom. The molecule has 128 valence electrons. The summed E-state index contributed by atoms with van der Waals surface area (Å²) < 4.78 is 10.4. The number of hydrogen-bond acceptors (Lipinski definition) is 6. The maximum atomic E-state index is 11.4. The molecule has 0 radical (unpaired) electrons. The first-order valence-electron chi connectivity index (χ1n) is 7.59. The molecular weight excluding hydrogens is 322 g/mol. The van der Waals surface area contributed by atoms with Gasteiger partial charge in [-0.15, -0.1) is 15.0 Å². The number of fused-ring (bicyclic) bond motifs is 1. The summed E-state index contributed by atoms with van der Waals surface area (Å²) in [6, 6.07) is 10.2. The zero-order chi connectivity index (χ0) is 18.0. The molecule has 0 bridgehead atoms. The van der Waals surface area contributed by atoms with E-state index in [1.807, 2.05) is 0 Å². The lowest BCUT2D eigenvalue weighted by Gasteiger charge is -2.14. The van der Waals surface area contributed by atoms with Gasteiger partial charge in [-0.1, -0.05) is 12.6 Å². The van der Waals surface area contributed by atoms with Crippen molar-refractivity contribution in [2.45, 2.75) is 13.0 Å². The minimum absolute atomic E-state index is 0.0123. The first-order valence-corrected chi connectivity index (χ1v) is 7.59. The largest absolute Gasteiger partial charge is 0.506 e. The van der Waals surface area contributed by atoms with Crippen LogP contribution in [-0.2, 0) is 9.53 Å². The lowest BCUT2D eigenvalue weighted by atomic mass is 10.1. The minimum atomic E-state index is -0.517. The number of esters is 1. The third-order valence-electron chi connectivity index (χ3n) is 3.73. The van der Waals surface area contributed by atoms with Gasteiger partial charge in [0.05, 0.1) is 7.11 Å². The molecular formula is C18H17N3O4. The van der Waals surface area contributed by atoms with Crippen LogP contribution in [0.2, 0.25) is 0 Å². The molecule has 0 fully saturated rings. The van der Waals surface area contributed by atoms with Crippen LogP contribution in [0.15, 0.2) is 49.1 Å². The molecule has 0 amide bonds. The van der Waals surface area contributed by atoms with Crippen molar-refractivity contribution in [1.29, 1.82) is 0 Å². The Bertz CT molecular complexity index is 949. The fourth-order valence-corrected chi connectivity index (χ4v) is 2.37. The molecule has 2 aromatic carbocycles. The quantitative estimate of drug-likeness (QED) is 0.568. The van der Waals surface area contributed by atoms with Crippen molar-refractivity contribution in [1.82, 2.24) is 15.0 Å². The van der Waals surface area contributed by atoms with Gasteiger partial charge in [0.2, 0.25) is 0 Å². The molecule has 0 spiro atoms. The fraction of sp³-hybridized carbons (Fsp3) is 0.167. The predicted octanol–water partition coefficient (Wildman–Crippen LogP) is 2.92. The Kier molecular flexibility index (Phi) is 4.38. The van der Waals surface area contributed by atoms with E-state index in [0.29, 0.717) is 28.0 Å². The summed E-state index contributed by atoms with van der Waals surface area (Å²) in [5, 5.41) is 18.9. The molecule has 1 heterocycles. The summed E-state index contributed by atoms with van der Waals surface area (Å²) in [6.07, 6.45) is 0.599. The number of carbonyl (C=O) groups is 1. The molecule has 3 rings (SSSR count). The van der Waals surface area contributed by atoms with Gasteiger partial charge in [0.1, 0.15) is 34.3 Å². The van der Waals surface area contributed by atoms with Crippen molar-refractivity contribution >= 4 is 17.0 Å². The monoisotopic (exact) mass is 339 g/mol. The van der Waals surface area contributed by atoms with Crippen LogP contribution in [0.25, 0.3) is 16.7 Å². The molecule has 25 heavy (non-hydrogen) atoms. The number of rotatable bonds is 5. The summed E-state index contributed by atoms with van der Waals surface area (Å²) in [5.74, 6) is 0.165. The van der Waals surface area contributed by atoms with E-state index in [9.17, 15) is 9.90 Å². The molecule has 0 aliphatic rings. The molecule has 7 nitrogen and oxygen atoms in total. The second kappa shape index (κ2) is 6.64. The van der Waals surface area contributed by atoms with Crippen molar-refractivity contribution < 1.29 is 19.4 Å². The molecule has 1 N–H and O–H groups in total. The Labute approximate surface area is 144 Å². The Morgan fingerprint density at radius 1 is 1.24 bits per heavy atom. The summed E-state index contributed by atoms with van der Waals surface area (Å²) in [5.41, 5.74) is 2.38. The topological polar surface area (TPSA) is 86.5 Å². The zero-order valence-electron chi connectivity index (χ0n) is 13.8. The van der Waals surface area contributed by atoms with Crippen molar-refractivity contribution in [2.75, 3.05) is 7.11 Å². The smallest absolute Gasteiger partial charge is 0.330 e. The number of nitrogens with zero attached hydrogens (tertiary/aromatic N) is 3. The van der Waals surface area contributed by atoms with Crippen molar-refractivity contribution in [3.63, 3.8) is 0 Å². The number of phenolic OH excluding ortho intramolecular Hbond substituents is 1. The standard InChI is InChI=1S/C18H17N3O4/c1-4-18(23)25-11(2)12-5-8-17(22)16(9-12)21-19-14-7-6-13(24-3)10-15(14)20-21/h4-11,22H,1H2,2-3H3. The fourth-order valence-electron chi connectivity index (χ4n) is 2.37. The van der Waals surface area contributed by atoms with E-state index in [1.54, 1.807) is 44.4 Å². The van der Waals surface area contributed by atoms with Gasteiger partial charge in [0, 0.05) is 12.1 Å². The van der Waals surface area contributed by atoms with E-state index in [2.05, 4.69) is 16.8 Å². The van der Waals surface area contributed by atoms with Crippen molar-refractivity contribution in [2.24, 2.45) is 0 Å². The van der Waals surface area contributed by atoms with E-state index in [1.165, 1.54) is 10.9 Å². The van der Waals surface area contributed by atoms with Crippen LogP contribution < -0.4 is 4.74 Å². The predicted molar refractivity (Wildman–Crippen MR) is 91.8 cm³/mol. The molecule has 7 heteroatoms. The molecule has 0 aliphatic carbocycles. The van der Waals surface area contributed by atoms with Crippen LogP contribution in [0.4, 0.5) is 0 Å². The van der Waals surface area contributed by atoms with Crippen LogP contribution in [0.1, 0.15) is 18.6 Å². The van der Waals surface area contributed by atoms with Crippen molar-refractivity contribution in [3.05, 3.63) is 54.6 Å². The number of aromatic hydroxyl groups is 1. The number of hydrogen-bond donors (Lipinski definition) is 1. The molecule has 0 aliphatic heterocycles. The number of aromatic nitrogens is 3. The van der Waals surface area contributed by atoms with E-state index in [-0.39, 0.29) is 5.75 Å². The zero-order valence-corrected chi connectivity index (χ0v) is 13.8. The van der Waals surface area contributed by atoms with Crippen LogP contribution >= 0.6 is 0 Å². The second-order valence-corrected chi connectivity index (χ2v) is 5.38. The van der Waals surface area contributed by atoms with Crippen molar-refractivity contribution in [3.8, 4) is 17.2 Å².